The normalized spacial score (nSPS) is 12.9. The first-order valence-electron chi connectivity index (χ1n) is 7.07. The van der Waals surface area contributed by atoms with Crippen LogP contribution in [0.1, 0.15) is 62.6 Å². The fourth-order valence-electron chi connectivity index (χ4n) is 1.96. The van der Waals surface area contributed by atoms with Gasteiger partial charge in [0.15, 0.2) is 0 Å². The summed E-state index contributed by atoms with van der Waals surface area (Å²) in [4.78, 5) is 2.97. The molecule has 0 spiro atoms. The molecule has 1 heterocycles. The first kappa shape index (κ1) is 14.7. The van der Waals surface area contributed by atoms with Gasteiger partial charge < -0.3 is 5.32 Å². The molecule has 0 aliphatic carbocycles. The molecule has 0 aliphatic heterocycles. The van der Waals surface area contributed by atoms with Crippen molar-refractivity contribution in [1.82, 2.24) is 5.32 Å². The zero-order valence-electron chi connectivity index (χ0n) is 11.6. The van der Waals surface area contributed by atoms with E-state index < -0.39 is 0 Å². The zero-order chi connectivity index (χ0) is 12.5. The van der Waals surface area contributed by atoms with E-state index in [9.17, 15) is 0 Å². The Morgan fingerprint density at radius 2 is 1.88 bits per heavy atom. The minimum atomic E-state index is 0.652. The van der Waals surface area contributed by atoms with Crippen LogP contribution in [0.5, 0.6) is 0 Å². The van der Waals surface area contributed by atoms with E-state index in [0.717, 1.165) is 13.0 Å². The maximum Gasteiger partial charge on any atom is 0.0302 e. The fraction of sp³-hybridized carbons (Fsp3) is 0.733. The van der Waals surface area contributed by atoms with E-state index in [-0.39, 0.29) is 0 Å². The summed E-state index contributed by atoms with van der Waals surface area (Å²) in [6.07, 6.45) is 7.95. The summed E-state index contributed by atoms with van der Waals surface area (Å²) in [5, 5.41) is 3.62. The Morgan fingerprint density at radius 1 is 1.12 bits per heavy atom. The van der Waals surface area contributed by atoms with E-state index >= 15 is 0 Å². The molecule has 0 amide bonds. The largest absolute Gasteiger partial charge is 0.309 e. The lowest BCUT2D eigenvalue weighted by Crippen LogP contribution is -2.24. The van der Waals surface area contributed by atoms with Crippen LogP contribution in [-0.2, 0) is 13.0 Å². The van der Waals surface area contributed by atoms with Crippen molar-refractivity contribution in [2.75, 3.05) is 0 Å². The van der Waals surface area contributed by atoms with Gasteiger partial charge in [0.2, 0.25) is 0 Å². The van der Waals surface area contributed by atoms with Crippen LogP contribution < -0.4 is 5.32 Å². The average Bonchev–Trinajstić information content (AvgIpc) is 2.80. The molecule has 17 heavy (non-hydrogen) atoms. The van der Waals surface area contributed by atoms with Crippen molar-refractivity contribution in [2.45, 2.75) is 71.9 Å². The van der Waals surface area contributed by atoms with Crippen molar-refractivity contribution in [3.05, 3.63) is 21.9 Å². The molecule has 0 fully saturated rings. The second-order valence-corrected chi connectivity index (χ2v) is 6.11. The van der Waals surface area contributed by atoms with Gasteiger partial charge in [0, 0.05) is 22.3 Å². The van der Waals surface area contributed by atoms with Crippen molar-refractivity contribution in [2.24, 2.45) is 0 Å². The predicted molar refractivity (Wildman–Crippen MR) is 78.8 cm³/mol. The Labute approximate surface area is 111 Å². The molecule has 0 aliphatic rings. The van der Waals surface area contributed by atoms with Crippen LogP contribution in [0.4, 0.5) is 0 Å². The second-order valence-electron chi connectivity index (χ2n) is 4.85. The molecule has 0 saturated carbocycles. The minimum Gasteiger partial charge on any atom is -0.309 e. The predicted octanol–water partition coefficient (Wildman–Crippen LogP) is 4.76. The third-order valence-corrected chi connectivity index (χ3v) is 4.41. The topological polar surface area (TPSA) is 12.0 Å². The number of thiophene rings is 1. The van der Waals surface area contributed by atoms with E-state index in [1.54, 1.807) is 0 Å². The summed E-state index contributed by atoms with van der Waals surface area (Å²) < 4.78 is 0. The van der Waals surface area contributed by atoms with Crippen LogP contribution >= 0.6 is 11.3 Å². The van der Waals surface area contributed by atoms with Gasteiger partial charge in [-0.1, -0.05) is 39.5 Å². The Kier molecular flexibility index (Phi) is 7.54. The van der Waals surface area contributed by atoms with Crippen LogP contribution in [0.3, 0.4) is 0 Å². The molecular weight excluding hydrogens is 226 g/mol. The van der Waals surface area contributed by atoms with Crippen LogP contribution in [0, 0.1) is 0 Å². The van der Waals surface area contributed by atoms with Gasteiger partial charge in [0.1, 0.15) is 0 Å². The number of aryl methyl sites for hydroxylation is 1. The first-order valence-corrected chi connectivity index (χ1v) is 7.88. The molecule has 0 aromatic carbocycles. The molecule has 1 N–H and O–H groups in total. The van der Waals surface area contributed by atoms with Gasteiger partial charge >= 0.3 is 0 Å². The number of rotatable bonds is 9. The highest BCUT2D eigenvalue weighted by Gasteiger charge is 2.03. The van der Waals surface area contributed by atoms with Crippen molar-refractivity contribution in [1.29, 1.82) is 0 Å². The highest BCUT2D eigenvalue weighted by Crippen LogP contribution is 2.17. The van der Waals surface area contributed by atoms with Crippen LogP contribution in [-0.4, -0.2) is 6.04 Å². The molecule has 0 radical (unpaired) electrons. The molecule has 2 heteroatoms. The van der Waals surface area contributed by atoms with Gasteiger partial charge in [-0.15, -0.1) is 11.3 Å². The van der Waals surface area contributed by atoms with Crippen molar-refractivity contribution >= 4 is 11.3 Å². The van der Waals surface area contributed by atoms with Crippen molar-refractivity contribution < 1.29 is 0 Å². The van der Waals surface area contributed by atoms with E-state index in [1.165, 1.54) is 41.9 Å². The Morgan fingerprint density at radius 3 is 2.53 bits per heavy atom. The van der Waals surface area contributed by atoms with Gasteiger partial charge in [0.25, 0.3) is 0 Å². The summed E-state index contributed by atoms with van der Waals surface area (Å²) in [5.74, 6) is 0. The number of hydrogen-bond acceptors (Lipinski definition) is 2. The van der Waals surface area contributed by atoms with Gasteiger partial charge in [-0.25, -0.2) is 0 Å². The monoisotopic (exact) mass is 253 g/mol. The average molecular weight is 253 g/mol. The molecule has 1 aromatic heterocycles. The zero-order valence-corrected chi connectivity index (χ0v) is 12.4. The van der Waals surface area contributed by atoms with E-state index in [2.05, 4.69) is 38.2 Å². The molecule has 0 saturated heterocycles. The van der Waals surface area contributed by atoms with E-state index in [1.807, 2.05) is 11.3 Å². The highest BCUT2D eigenvalue weighted by atomic mass is 32.1. The van der Waals surface area contributed by atoms with Crippen LogP contribution in [0.2, 0.25) is 0 Å². The molecule has 1 aromatic rings. The number of nitrogens with one attached hydrogen (secondary N) is 1. The van der Waals surface area contributed by atoms with Gasteiger partial charge in [0.05, 0.1) is 0 Å². The van der Waals surface area contributed by atoms with E-state index in [0.29, 0.717) is 6.04 Å². The molecule has 0 bridgehead atoms. The lowest BCUT2D eigenvalue weighted by atomic mass is 10.1. The summed E-state index contributed by atoms with van der Waals surface area (Å²) in [7, 11) is 0. The third kappa shape index (κ3) is 6.23. The SMILES string of the molecule is CCCCCCC(C)NCc1ccc(CC)s1. The molecule has 1 rings (SSSR count). The van der Waals surface area contributed by atoms with Gasteiger partial charge in [-0.2, -0.15) is 0 Å². The molecular formula is C15H27NS. The minimum absolute atomic E-state index is 0.652. The lowest BCUT2D eigenvalue weighted by molar-refractivity contribution is 0.484. The van der Waals surface area contributed by atoms with Gasteiger partial charge in [-0.3, -0.25) is 0 Å². The van der Waals surface area contributed by atoms with E-state index in [4.69, 9.17) is 0 Å². The van der Waals surface area contributed by atoms with Crippen molar-refractivity contribution in [3.8, 4) is 0 Å². The van der Waals surface area contributed by atoms with Gasteiger partial charge in [-0.05, 0) is 31.9 Å². The lowest BCUT2D eigenvalue weighted by Gasteiger charge is -2.12. The van der Waals surface area contributed by atoms with Crippen LogP contribution in [0.25, 0.3) is 0 Å². The Hall–Kier alpha value is -0.340. The Bertz CT molecular complexity index is 293. The summed E-state index contributed by atoms with van der Waals surface area (Å²) in [6.45, 7) is 7.84. The second kappa shape index (κ2) is 8.71. The molecule has 1 unspecified atom stereocenters. The maximum absolute atomic E-state index is 3.62. The summed E-state index contributed by atoms with van der Waals surface area (Å²) >= 11 is 1.94. The first-order chi connectivity index (χ1) is 8.26. The quantitative estimate of drug-likeness (QED) is 0.626. The smallest absolute Gasteiger partial charge is 0.0302 e. The number of hydrogen-bond donors (Lipinski definition) is 1. The van der Waals surface area contributed by atoms with Crippen LogP contribution in [0.15, 0.2) is 12.1 Å². The fourth-order valence-corrected chi connectivity index (χ4v) is 2.87. The molecule has 1 nitrogen and oxygen atoms in total. The Balaban J connectivity index is 2.12. The number of unbranched alkanes of at least 4 members (excludes halogenated alkanes) is 3. The molecule has 98 valence electrons. The summed E-state index contributed by atoms with van der Waals surface area (Å²) in [6, 6.07) is 5.17. The standard InChI is InChI=1S/C15H27NS/c1-4-6-7-8-9-13(3)16-12-15-11-10-14(5-2)17-15/h10-11,13,16H,4-9,12H2,1-3H3. The maximum atomic E-state index is 3.62. The highest BCUT2D eigenvalue weighted by molar-refractivity contribution is 7.11. The third-order valence-electron chi connectivity index (χ3n) is 3.18. The van der Waals surface area contributed by atoms with Crippen molar-refractivity contribution in [3.63, 3.8) is 0 Å². The molecule has 1 atom stereocenters. The summed E-state index contributed by atoms with van der Waals surface area (Å²) in [5.41, 5.74) is 0.